The van der Waals surface area contributed by atoms with Gasteiger partial charge in [0.25, 0.3) is 0 Å². The first-order valence-electron chi connectivity index (χ1n) is 7.00. The molecule has 1 fully saturated rings. The standard InChI is InChI=1S/C6H9NO.C5H14NO.C4H4O4/c1-2-7-5-3-4-6(7)8;1-6(2,3)4-5-7;5-3(6)1-2-4(7)8/h2H,1,3-5H2;7H,4-5H2,1-3H3;1-2H,(H,5,6)(H,7,8)/q;+1;/b;;2-1-. The van der Waals surface area contributed by atoms with Crippen molar-refractivity contribution in [3.63, 3.8) is 0 Å². The lowest BCUT2D eigenvalue weighted by atomic mass is 10.4. The van der Waals surface area contributed by atoms with Crippen LogP contribution in [0.3, 0.4) is 0 Å². The number of likely N-dealkylation sites (tertiary alicyclic amines) is 1. The molecule has 0 aromatic heterocycles. The van der Waals surface area contributed by atoms with Crippen LogP contribution in [-0.2, 0) is 14.4 Å². The topological polar surface area (TPSA) is 115 Å². The van der Waals surface area contributed by atoms with Crippen molar-refractivity contribution in [2.75, 3.05) is 40.8 Å². The molecule has 0 radical (unpaired) electrons. The van der Waals surface area contributed by atoms with Crippen LogP contribution >= 0.6 is 0 Å². The van der Waals surface area contributed by atoms with Gasteiger partial charge in [-0.15, -0.1) is 0 Å². The summed E-state index contributed by atoms with van der Waals surface area (Å²) < 4.78 is 0.844. The third-order valence-electron chi connectivity index (χ3n) is 2.47. The van der Waals surface area contributed by atoms with Crippen molar-refractivity contribution < 1.29 is 34.2 Å². The molecule has 1 aliphatic heterocycles. The number of hydrogen-bond donors (Lipinski definition) is 3. The number of quaternary nitrogens is 1. The molecular weight excluding hydrogens is 304 g/mol. The molecule has 1 saturated heterocycles. The number of aliphatic carboxylic acids is 2. The van der Waals surface area contributed by atoms with Gasteiger partial charge in [-0.1, -0.05) is 6.58 Å². The van der Waals surface area contributed by atoms with E-state index in [2.05, 4.69) is 27.7 Å². The van der Waals surface area contributed by atoms with Crippen LogP contribution in [0.25, 0.3) is 0 Å². The van der Waals surface area contributed by atoms with E-state index in [1.165, 1.54) is 0 Å². The summed E-state index contributed by atoms with van der Waals surface area (Å²) in [6.07, 6.45) is 4.40. The molecule has 1 amide bonds. The summed E-state index contributed by atoms with van der Waals surface area (Å²) in [4.78, 5) is 31.4. The van der Waals surface area contributed by atoms with Crippen molar-refractivity contribution in [2.24, 2.45) is 0 Å². The maximum Gasteiger partial charge on any atom is 0.328 e. The molecule has 0 aromatic rings. The Kier molecular flexibility index (Phi) is 12.4. The molecule has 1 rings (SSSR count). The van der Waals surface area contributed by atoms with E-state index in [4.69, 9.17) is 15.3 Å². The SMILES string of the molecule is C=CN1CCCC1=O.C[N+](C)(C)CCO.O=C(O)/C=C\C(=O)O. The molecule has 0 unspecified atom stereocenters. The fourth-order valence-corrected chi connectivity index (χ4v) is 1.30. The number of amides is 1. The summed E-state index contributed by atoms with van der Waals surface area (Å²) in [5.74, 6) is -2.31. The summed E-state index contributed by atoms with van der Waals surface area (Å²) in [7, 11) is 6.16. The Bertz CT molecular complexity index is 410. The Morgan fingerprint density at radius 2 is 1.70 bits per heavy atom. The van der Waals surface area contributed by atoms with Gasteiger partial charge in [-0.05, 0) is 12.6 Å². The molecule has 1 aliphatic rings. The van der Waals surface area contributed by atoms with Gasteiger partial charge in [0, 0.05) is 25.1 Å². The monoisotopic (exact) mass is 331 g/mol. The van der Waals surface area contributed by atoms with Gasteiger partial charge in [0.15, 0.2) is 0 Å². The fourth-order valence-electron chi connectivity index (χ4n) is 1.30. The van der Waals surface area contributed by atoms with Crippen LogP contribution in [0.5, 0.6) is 0 Å². The number of aliphatic hydroxyl groups excluding tert-OH is 1. The van der Waals surface area contributed by atoms with Gasteiger partial charge >= 0.3 is 11.9 Å². The minimum Gasteiger partial charge on any atom is -0.478 e. The normalized spacial score (nSPS) is 13.7. The summed E-state index contributed by atoms with van der Waals surface area (Å²) in [5, 5.41) is 24.0. The molecule has 0 saturated carbocycles. The number of rotatable bonds is 5. The second-order valence-corrected chi connectivity index (χ2v) is 5.62. The smallest absolute Gasteiger partial charge is 0.328 e. The minimum atomic E-state index is -1.26. The number of carbonyl (C=O) groups is 3. The van der Waals surface area contributed by atoms with E-state index in [1.807, 2.05) is 0 Å². The largest absolute Gasteiger partial charge is 0.478 e. The molecule has 23 heavy (non-hydrogen) atoms. The Balaban J connectivity index is 0. The average molecular weight is 331 g/mol. The van der Waals surface area contributed by atoms with Crippen LogP contribution in [0.15, 0.2) is 24.9 Å². The molecule has 8 heteroatoms. The number of carboxylic acids is 2. The number of likely N-dealkylation sites (N-methyl/N-ethyl adjacent to an activating group) is 1. The van der Waals surface area contributed by atoms with Crippen molar-refractivity contribution in [3.8, 4) is 0 Å². The second-order valence-electron chi connectivity index (χ2n) is 5.62. The van der Waals surface area contributed by atoms with Crippen LogP contribution in [-0.4, -0.2) is 83.4 Å². The van der Waals surface area contributed by atoms with Crippen LogP contribution in [0.2, 0.25) is 0 Å². The predicted molar refractivity (Wildman–Crippen MR) is 85.5 cm³/mol. The summed E-state index contributed by atoms with van der Waals surface area (Å²) in [6.45, 7) is 5.48. The van der Waals surface area contributed by atoms with Gasteiger partial charge < -0.3 is 24.7 Å². The Morgan fingerprint density at radius 1 is 1.22 bits per heavy atom. The molecular formula is C15H27N2O6+. The highest BCUT2D eigenvalue weighted by molar-refractivity contribution is 5.89. The molecule has 8 nitrogen and oxygen atoms in total. The van der Waals surface area contributed by atoms with Gasteiger partial charge in [-0.3, -0.25) is 4.79 Å². The maximum atomic E-state index is 10.7. The molecule has 0 bridgehead atoms. The lowest BCUT2D eigenvalue weighted by Gasteiger charge is -2.21. The number of carboxylic acid groups (broad SMARTS) is 2. The maximum absolute atomic E-state index is 10.7. The zero-order chi connectivity index (χ0) is 18.5. The molecule has 1 heterocycles. The Labute approximate surface area is 136 Å². The van der Waals surface area contributed by atoms with E-state index in [-0.39, 0.29) is 12.5 Å². The molecule has 0 aromatic carbocycles. The zero-order valence-corrected chi connectivity index (χ0v) is 13.9. The molecule has 0 aliphatic carbocycles. The minimum absolute atomic E-state index is 0.208. The number of carbonyl (C=O) groups excluding carboxylic acids is 1. The van der Waals surface area contributed by atoms with Crippen molar-refractivity contribution >= 4 is 17.8 Å². The highest BCUT2D eigenvalue weighted by Gasteiger charge is 2.16. The molecule has 0 spiro atoms. The predicted octanol–water partition coefficient (Wildman–Crippen LogP) is 0.149. The Morgan fingerprint density at radius 3 is 1.83 bits per heavy atom. The quantitative estimate of drug-likeness (QED) is 0.488. The Hall–Kier alpha value is -2.19. The lowest BCUT2D eigenvalue weighted by molar-refractivity contribution is -0.870. The first-order valence-corrected chi connectivity index (χ1v) is 7.00. The van der Waals surface area contributed by atoms with Crippen LogP contribution in [0.4, 0.5) is 0 Å². The van der Waals surface area contributed by atoms with E-state index < -0.39 is 11.9 Å². The number of aliphatic hydroxyl groups is 1. The van der Waals surface area contributed by atoms with Gasteiger partial charge in [0.05, 0.1) is 27.7 Å². The third kappa shape index (κ3) is 17.8. The summed E-state index contributed by atoms with van der Waals surface area (Å²) >= 11 is 0. The van der Waals surface area contributed by atoms with Crippen molar-refractivity contribution in [1.29, 1.82) is 0 Å². The van der Waals surface area contributed by atoms with Gasteiger partial charge in [0.2, 0.25) is 5.91 Å². The molecule has 0 atom stereocenters. The van der Waals surface area contributed by atoms with E-state index in [0.29, 0.717) is 18.6 Å². The highest BCUT2D eigenvalue weighted by Crippen LogP contribution is 2.08. The van der Waals surface area contributed by atoms with Gasteiger partial charge in [-0.2, -0.15) is 0 Å². The third-order valence-corrected chi connectivity index (χ3v) is 2.47. The number of nitrogens with zero attached hydrogens (tertiary/aromatic N) is 2. The van der Waals surface area contributed by atoms with E-state index in [9.17, 15) is 14.4 Å². The highest BCUT2D eigenvalue weighted by atomic mass is 16.4. The lowest BCUT2D eigenvalue weighted by Crippen LogP contribution is -2.36. The van der Waals surface area contributed by atoms with Crippen molar-refractivity contribution in [1.82, 2.24) is 4.90 Å². The van der Waals surface area contributed by atoms with E-state index in [0.717, 1.165) is 24.0 Å². The van der Waals surface area contributed by atoms with Gasteiger partial charge in [-0.25, -0.2) is 9.59 Å². The fraction of sp³-hybridized carbons (Fsp3) is 0.533. The van der Waals surface area contributed by atoms with Crippen molar-refractivity contribution in [3.05, 3.63) is 24.9 Å². The van der Waals surface area contributed by atoms with Crippen molar-refractivity contribution in [2.45, 2.75) is 12.8 Å². The average Bonchev–Trinajstić information content (AvgIpc) is 2.82. The van der Waals surface area contributed by atoms with Gasteiger partial charge in [0.1, 0.15) is 6.54 Å². The zero-order valence-electron chi connectivity index (χ0n) is 13.9. The molecule has 3 N–H and O–H groups in total. The first-order chi connectivity index (χ1) is 10.5. The molecule has 132 valence electrons. The summed E-state index contributed by atoms with van der Waals surface area (Å²) in [5.41, 5.74) is 0. The number of hydrogen-bond acceptors (Lipinski definition) is 4. The summed E-state index contributed by atoms with van der Waals surface area (Å²) in [6, 6.07) is 0. The van der Waals surface area contributed by atoms with Crippen LogP contribution < -0.4 is 0 Å². The second kappa shape index (κ2) is 12.4. The van der Waals surface area contributed by atoms with E-state index >= 15 is 0 Å². The first kappa shape index (κ1) is 23.1. The van der Waals surface area contributed by atoms with Crippen LogP contribution in [0.1, 0.15) is 12.8 Å². The van der Waals surface area contributed by atoms with E-state index in [1.54, 1.807) is 11.1 Å². The van der Waals surface area contributed by atoms with Crippen LogP contribution in [0, 0.1) is 0 Å².